The van der Waals surface area contributed by atoms with Gasteiger partial charge in [0, 0.05) is 11.1 Å². The zero-order chi connectivity index (χ0) is 21.0. The molecule has 0 unspecified atom stereocenters. The Kier molecular flexibility index (Phi) is 12.7. The maximum atomic E-state index is 10.6. The molecule has 150 valence electrons. The monoisotopic (exact) mass is 364 g/mol. The van der Waals surface area contributed by atoms with Crippen molar-refractivity contribution in [2.24, 2.45) is 22.3 Å². The van der Waals surface area contributed by atoms with E-state index in [9.17, 15) is 9.59 Å². The smallest absolute Gasteiger partial charge is 0.248 e. The van der Waals surface area contributed by atoms with Gasteiger partial charge in [-0.3, -0.25) is 9.59 Å². The van der Waals surface area contributed by atoms with E-state index in [4.69, 9.17) is 11.5 Å². The van der Waals surface area contributed by atoms with E-state index in [0.29, 0.717) is 22.0 Å². The highest BCUT2D eigenvalue weighted by Gasteiger charge is 2.06. The first-order valence-corrected chi connectivity index (χ1v) is 9.43. The summed E-state index contributed by atoms with van der Waals surface area (Å²) in [4.78, 5) is 21.2. The first-order chi connectivity index (χ1) is 11.7. The van der Waals surface area contributed by atoms with Crippen LogP contribution in [0.25, 0.3) is 0 Å². The Morgan fingerprint density at radius 3 is 1.00 bits per heavy atom. The van der Waals surface area contributed by atoms with E-state index >= 15 is 0 Å². The van der Waals surface area contributed by atoms with Crippen molar-refractivity contribution in [1.82, 2.24) is 0 Å². The molecular weight excluding hydrogens is 324 g/mol. The molecule has 0 saturated carbocycles. The summed E-state index contributed by atoms with van der Waals surface area (Å²) in [6.45, 7) is 18.1. The quantitative estimate of drug-likeness (QED) is 0.734. The Bertz CT molecular complexity index is 472. The molecule has 1 aromatic carbocycles. The normalized spacial score (nSPS) is 10.8. The summed E-state index contributed by atoms with van der Waals surface area (Å²) < 4.78 is 0. The molecule has 0 bridgehead atoms. The molecule has 0 heterocycles. The maximum absolute atomic E-state index is 10.6. The van der Waals surface area contributed by atoms with Crippen LogP contribution < -0.4 is 11.5 Å². The van der Waals surface area contributed by atoms with Crippen molar-refractivity contribution in [3.05, 3.63) is 35.4 Å². The lowest BCUT2D eigenvalue weighted by Crippen LogP contribution is -2.13. The second-order valence-corrected chi connectivity index (χ2v) is 8.93. The standard InChI is InChI=1S/C8H8N2O2.2C7H16/c9-7(11)5-1-2-6(4-3-5)8(10)12;2*1-5-6-7(2,3)4/h1-4H,(H2,9,11)(H2,10,12);2*5-6H2,1-4H3. The lowest BCUT2D eigenvalue weighted by molar-refractivity contribution is 0.0988. The first-order valence-electron chi connectivity index (χ1n) is 9.43. The fraction of sp³-hybridized carbons (Fsp3) is 0.636. The molecular formula is C22H40N2O2. The lowest BCUT2D eigenvalue weighted by atomic mass is 9.91. The molecule has 1 rings (SSSR count). The highest BCUT2D eigenvalue weighted by atomic mass is 16.1. The van der Waals surface area contributed by atoms with Crippen LogP contribution in [0.4, 0.5) is 0 Å². The second kappa shape index (κ2) is 12.5. The molecule has 4 nitrogen and oxygen atoms in total. The molecule has 0 fully saturated rings. The molecule has 0 atom stereocenters. The third-order valence-electron chi connectivity index (χ3n) is 3.45. The highest BCUT2D eigenvalue weighted by molar-refractivity contribution is 5.96. The van der Waals surface area contributed by atoms with Gasteiger partial charge in [0.2, 0.25) is 11.8 Å². The van der Waals surface area contributed by atoms with E-state index in [1.165, 1.54) is 49.9 Å². The number of nitrogens with two attached hydrogens (primary N) is 2. The molecule has 26 heavy (non-hydrogen) atoms. The topological polar surface area (TPSA) is 86.2 Å². The van der Waals surface area contributed by atoms with E-state index in [0.717, 1.165) is 0 Å². The summed E-state index contributed by atoms with van der Waals surface area (Å²) in [5.74, 6) is -1.04. The lowest BCUT2D eigenvalue weighted by Gasteiger charge is -2.15. The van der Waals surface area contributed by atoms with Crippen LogP contribution in [0.2, 0.25) is 0 Å². The van der Waals surface area contributed by atoms with Gasteiger partial charge in [0.15, 0.2) is 0 Å². The number of carbonyl (C=O) groups is 2. The first kappa shape index (κ1) is 26.4. The van der Waals surface area contributed by atoms with Crippen molar-refractivity contribution in [2.45, 2.75) is 81.1 Å². The summed E-state index contributed by atoms with van der Waals surface area (Å²) in [7, 11) is 0. The van der Waals surface area contributed by atoms with Gasteiger partial charge in [-0.05, 0) is 47.9 Å². The van der Waals surface area contributed by atoms with Crippen LogP contribution in [0.3, 0.4) is 0 Å². The predicted octanol–water partition coefficient (Wildman–Crippen LogP) is 5.55. The summed E-state index contributed by atoms with van der Waals surface area (Å²) in [6, 6.07) is 5.84. The molecule has 4 N–H and O–H groups in total. The average molecular weight is 365 g/mol. The largest absolute Gasteiger partial charge is 0.366 e. The molecule has 0 radical (unpaired) electrons. The van der Waals surface area contributed by atoms with Crippen molar-refractivity contribution in [3.63, 3.8) is 0 Å². The summed E-state index contributed by atoms with van der Waals surface area (Å²) in [6.07, 6.45) is 5.30. The van der Waals surface area contributed by atoms with Gasteiger partial charge in [0.05, 0.1) is 0 Å². The van der Waals surface area contributed by atoms with Gasteiger partial charge >= 0.3 is 0 Å². The minimum Gasteiger partial charge on any atom is -0.366 e. The zero-order valence-electron chi connectivity index (χ0n) is 18.1. The van der Waals surface area contributed by atoms with Crippen LogP contribution in [0, 0.1) is 10.8 Å². The predicted molar refractivity (Wildman–Crippen MR) is 112 cm³/mol. The molecule has 2 amide bonds. The van der Waals surface area contributed by atoms with Crippen LogP contribution >= 0.6 is 0 Å². The number of hydrogen-bond acceptors (Lipinski definition) is 2. The molecule has 0 aliphatic carbocycles. The van der Waals surface area contributed by atoms with Crippen LogP contribution in [-0.2, 0) is 0 Å². The van der Waals surface area contributed by atoms with Crippen LogP contribution in [0.5, 0.6) is 0 Å². The number of rotatable bonds is 4. The Morgan fingerprint density at radius 1 is 0.692 bits per heavy atom. The van der Waals surface area contributed by atoms with Crippen molar-refractivity contribution < 1.29 is 9.59 Å². The zero-order valence-corrected chi connectivity index (χ0v) is 18.1. The molecule has 1 aromatic rings. The molecule has 0 aliphatic heterocycles. The fourth-order valence-corrected chi connectivity index (χ4v) is 2.30. The minimum absolute atomic E-state index is 0.361. The Hall–Kier alpha value is -1.84. The Morgan fingerprint density at radius 2 is 0.923 bits per heavy atom. The van der Waals surface area contributed by atoms with E-state index in [1.807, 2.05) is 0 Å². The molecule has 0 aliphatic rings. The van der Waals surface area contributed by atoms with Crippen molar-refractivity contribution >= 4 is 11.8 Å². The van der Waals surface area contributed by atoms with Gasteiger partial charge in [-0.15, -0.1) is 0 Å². The third kappa shape index (κ3) is 17.0. The van der Waals surface area contributed by atoms with Crippen molar-refractivity contribution in [2.75, 3.05) is 0 Å². The summed E-state index contributed by atoms with van der Waals surface area (Å²) in [5.41, 5.74) is 11.8. The number of primary amides is 2. The number of carbonyl (C=O) groups excluding carboxylic acids is 2. The van der Waals surface area contributed by atoms with Gasteiger partial charge in [0.25, 0.3) is 0 Å². The molecule has 4 heteroatoms. The van der Waals surface area contributed by atoms with Crippen LogP contribution in [0.15, 0.2) is 24.3 Å². The molecule has 0 aromatic heterocycles. The molecule has 0 spiro atoms. The van der Waals surface area contributed by atoms with E-state index in [-0.39, 0.29) is 0 Å². The van der Waals surface area contributed by atoms with Gasteiger partial charge < -0.3 is 11.5 Å². The number of amides is 2. The Labute approximate surface area is 160 Å². The van der Waals surface area contributed by atoms with Gasteiger partial charge in [0.1, 0.15) is 0 Å². The average Bonchev–Trinajstić information content (AvgIpc) is 2.46. The van der Waals surface area contributed by atoms with Crippen LogP contribution in [-0.4, -0.2) is 11.8 Å². The molecule has 0 saturated heterocycles. The highest BCUT2D eigenvalue weighted by Crippen LogP contribution is 2.20. The summed E-state index contributed by atoms with van der Waals surface area (Å²) >= 11 is 0. The Balaban J connectivity index is 0. The fourth-order valence-electron chi connectivity index (χ4n) is 2.30. The van der Waals surface area contributed by atoms with Gasteiger partial charge in [-0.2, -0.15) is 0 Å². The van der Waals surface area contributed by atoms with E-state index in [1.54, 1.807) is 0 Å². The second-order valence-electron chi connectivity index (χ2n) is 8.93. The van der Waals surface area contributed by atoms with Crippen molar-refractivity contribution in [1.29, 1.82) is 0 Å². The van der Waals surface area contributed by atoms with E-state index < -0.39 is 11.8 Å². The maximum Gasteiger partial charge on any atom is 0.248 e. The van der Waals surface area contributed by atoms with Gasteiger partial charge in [-0.1, -0.05) is 68.2 Å². The minimum atomic E-state index is -0.522. The summed E-state index contributed by atoms with van der Waals surface area (Å²) in [5, 5.41) is 0. The van der Waals surface area contributed by atoms with Crippen LogP contribution in [0.1, 0.15) is 102 Å². The number of hydrogen-bond donors (Lipinski definition) is 2. The van der Waals surface area contributed by atoms with E-state index in [2.05, 4.69) is 55.4 Å². The third-order valence-corrected chi connectivity index (χ3v) is 3.45. The SMILES string of the molecule is CCCC(C)(C)C.CCCC(C)(C)C.NC(=O)c1ccc(C(N)=O)cc1. The van der Waals surface area contributed by atoms with Crippen molar-refractivity contribution in [3.8, 4) is 0 Å². The van der Waals surface area contributed by atoms with Gasteiger partial charge in [-0.25, -0.2) is 0 Å². The number of benzene rings is 1.